The molecule has 0 saturated carbocycles. The van der Waals surface area contributed by atoms with Gasteiger partial charge in [-0.25, -0.2) is 0 Å². The van der Waals surface area contributed by atoms with Crippen LogP contribution in [0.5, 0.6) is 5.75 Å². The van der Waals surface area contributed by atoms with Crippen LogP contribution in [0.4, 0.5) is 0 Å². The number of thioether (sulfide) groups is 1. The molecule has 0 unspecified atom stereocenters. The summed E-state index contributed by atoms with van der Waals surface area (Å²) in [6, 6.07) is 4.12. The molecule has 0 bridgehead atoms. The SMILES string of the molecule is COc1csc2c(SC)ccc(S)c12. The number of thiol groups is 1. The molecule has 0 N–H and O–H groups in total. The van der Waals surface area contributed by atoms with Crippen molar-refractivity contribution in [3.63, 3.8) is 0 Å². The Balaban J connectivity index is 2.80. The van der Waals surface area contributed by atoms with Gasteiger partial charge in [-0.3, -0.25) is 0 Å². The van der Waals surface area contributed by atoms with Gasteiger partial charge in [0, 0.05) is 20.6 Å². The highest BCUT2D eigenvalue weighted by Gasteiger charge is 2.10. The third-order valence-electron chi connectivity index (χ3n) is 2.07. The molecule has 0 saturated heterocycles. The van der Waals surface area contributed by atoms with E-state index in [-0.39, 0.29) is 0 Å². The maximum Gasteiger partial charge on any atom is 0.138 e. The molecular weight excluding hydrogens is 232 g/mol. The van der Waals surface area contributed by atoms with Crippen LogP contribution in [-0.2, 0) is 0 Å². The molecule has 4 heteroatoms. The Labute approximate surface area is 96.9 Å². The van der Waals surface area contributed by atoms with Crippen LogP contribution in [0, 0.1) is 0 Å². The maximum atomic E-state index is 5.30. The molecule has 0 spiro atoms. The minimum Gasteiger partial charge on any atom is -0.495 e. The standard InChI is InChI=1S/C10H10OS3/c1-11-6-5-14-10-8(13-2)4-3-7(12)9(6)10/h3-5,12H,1-2H3. The van der Waals surface area contributed by atoms with Crippen LogP contribution < -0.4 is 4.74 Å². The summed E-state index contributed by atoms with van der Waals surface area (Å²) in [5.41, 5.74) is 0. The first kappa shape index (κ1) is 10.2. The second-order valence-electron chi connectivity index (χ2n) is 2.80. The van der Waals surface area contributed by atoms with Crippen LogP contribution in [0.25, 0.3) is 10.1 Å². The number of fused-ring (bicyclic) bond motifs is 1. The van der Waals surface area contributed by atoms with Crippen LogP contribution >= 0.6 is 35.7 Å². The van der Waals surface area contributed by atoms with Gasteiger partial charge in [0.15, 0.2) is 0 Å². The third-order valence-corrected chi connectivity index (χ3v) is 4.34. The number of rotatable bonds is 2. The van der Waals surface area contributed by atoms with Gasteiger partial charge in [0.05, 0.1) is 11.8 Å². The van der Waals surface area contributed by atoms with E-state index in [4.69, 9.17) is 4.74 Å². The average molecular weight is 242 g/mol. The molecule has 0 amide bonds. The predicted molar refractivity (Wildman–Crippen MR) is 67.4 cm³/mol. The van der Waals surface area contributed by atoms with Gasteiger partial charge in [0.1, 0.15) is 5.75 Å². The minimum absolute atomic E-state index is 0.922. The van der Waals surface area contributed by atoms with Gasteiger partial charge in [0.25, 0.3) is 0 Å². The van der Waals surface area contributed by atoms with E-state index in [9.17, 15) is 0 Å². The second kappa shape index (κ2) is 4.04. The molecule has 74 valence electrons. The van der Waals surface area contributed by atoms with Gasteiger partial charge < -0.3 is 4.74 Å². The van der Waals surface area contributed by atoms with Crippen LogP contribution in [-0.4, -0.2) is 13.4 Å². The van der Waals surface area contributed by atoms with E-state index in [0.29, 0.717) is 0 Å². The zero-order valence-corrected chi connectivity index (χ0v) is 10.4. The van der Waals surface area contributed by atoms with Crippen molar-refractivity contribution in [2.45, 2.75) is 9.79 Å². The van der Waals surface area contributed by atoms with Gasteiger partial charge in [-0.2, -0.15) is 0 Å². The molecule has 1 nitrogen and oxygen atoms in total. The second-order valence-corrected chi connectivity index (χ2v) is 5.00. The highest BCUT2D eigenvalue weighted by atomic mass is 32.2. The van der Waals surface area contributed by atoms with E-state index in [1.807, 2.05) is 11.4 Å². The lowest BCUT2D eigenvalue weighted by Gasteiger charge is -2.03. The molecular formula is C10H10OS3. The van der Waals surface area contributed by atoms with Crippen molar-refractivity contribution < 1.29 is 4.74 Å². The van der Waals surface area contributed by atoms with Gasteiger partial charge in [-0.15, -0.1) is 35.7 Å². The van der Waals surface area contributed by atoms with Crippen LogP contribution in [0.1, 0.15) is 0 Å². The zero-order valence-electron chi connectivity index (χ0n) is 7.90. The third kappa shape index (κ3) is 1.51. The van der Waals surface area contributed by atoms with E-state index in [0.717, 1.165) is 16.0 Å². The molecule has 0 radical (unpaired) electrons. The lowest BCUT2D eigenvalue weighted by Crippen LogP contribution is -1.81. The van der Waals surface area contributed by atoms with Crippen molar-refractivity contribution in [2.24, 2.45) is 0 Å². The molecule has 0 aliphatic rings. The smallest absolute Gasteiger partial charge is 0.138 e. The summed E-state index contributed by atoms with van der Waals surface area (Å²) in [5.74, 6) is 0.922. The van der Waals surface area contributed by atoms with Crippen molar-refractivity contribution in [3.8, 4) is 5.75 Å². The van der Waals surface area contributed by atoms with Gasteiger partial charge in [0.2, 0.25) is 0 Å². The zero-order chi connectivity index (χ0) is 10.1. The molecule has 1 heterocycles. The Bertz CT molecular complexity index is 462. The first-order valence-electron chi connectivity index (χ1n) is 4.09. The van der Waals surface area contributed by atoms with Crippen molar-refractivity contribution >= 4 is 45.8 Å². The summed E-state index contributed by atoms with van der Waals surface area (Å²) < 4.78 is 6.57. The fourth-order valence-corrected chi connectivity index (χ4v) is 3.60. The number of ether oxygens (including phenoxy) is 1. The largest absolute Gasteiger partial charge is 0.495 e. The molecule has 0 fully saturated rings. The topological polar surface area (TPSA) is 9.23 Å². The van der Waals surface area contributed by atoms with E-state index in [2.05, 4.69) is 25.0 Å². The minimum atomic E-state index is 0.922. The monoisotopic (exact) mass is 242 g/mol. The van der Waals surface area contributed by atoms with Crippen molar-refractivity contribution in [2.75, 3.05) is 13.4 Å². The Hall–Kier alpha value is -0.320. The Morgan fingerprint density at radius 2 is 2.21 bits per heavy atom. The predicted octanol–water partition coefficient (Wildman–Crippen LogP) is 3.92. The number of methoxy groups -OCH3 is 1. The van der Waals surface area contributed by atoms with Crippen molar-refractivity contribution in [1.82, 2.24) is 0 Å². The van der Waals surface area contributed by atoms with E-state index in [1.54, 1.807) is 30.2 Å². The number of hydrogen-bond donors (Lipinski definition) is 1. The molecule has 1 aromatic carbocycles. The number of thiophene rings is 1. The molecule has 0 aliphatic heterocycles. The first-order valence-corrected chi connectivity index (χ1v) is 6.64. The summed E-state index contributed by atoms with van der Waals surface area (Å²) >= 11 is 7.90. The van der Waals surface area contributed by atoms with Crippen molar-refractivity contribution in [3.05, 3.63) is 17.5 Å². The quantitative estimate of drug-likeness (QED) is 0.631. The summed E-state index contributed by atoms with van der Waals surface area (Å²) in [5, 5.41) is 3.16. The van der Waals surface area contributed by atoms with Crippen LogP contribution in [0.15, 0.2) is 27.3 Å². The summed E-state index contributed by atoms with van der Waals surface area (Å²) in [7, 11) is 1.69. The Morgan fingerprint density at radius 3 is 2.86 bits per heavy atom. The highest BCUT2D eigenvalue weighted by molar-refractivity contribution is 7.99. The summed E-state index contributed by atoms with van der Waals surface area (Å²) in [6.45, 7) is 0. The van der Waals surface area contributed by atoms with Gasteiger partial charge in [-0.05, 0) is 18.4 Å². The average Bonchev–Trinajstić information content (AvgIpc) is 2.63. The molecule has 0 atom stereocenters. The normalized spacial score (nSPS) is 10.8. The first-order chi connectivity index (χ1) is 6.77. The van der Waals surface area contributed by atoms with E-state index in [1.165, 1.54) is 9.60 Å². The maximum absolute atomic E-state index is 5.30. The molecule has 2 aromatic rings. The van der Waals surface area contributed by atoms with Crippen molar-refractivity contribution in [1.29, 1.82) is 0 Å². The summed E-state index contributed by atoms with van der Waals surface area (Å²) in [6.07, 6.45) is 2.08. The fraction of sp³-hybridized carbons (Fsp3) is 0.200. The molecule has 0 aliphatic carbocycles. The van der Waals surface area contributed by atoms with E-state index >= 15 is 0 Å². The number of benzene rings is 1. The lowest BCUT2D eigenvalue weighted by molar-refractivity contribution is 0.421. The molecule has 1 aromatic heterocycles. The Kier molecular flexibility index (Phi) is 2.95. The molecule has 2 rings (SSSR count). The molecule has 14 heavy (non-hydrogen) atoms. The van der Waals surface area contributed by atoms with Gasteiger partial charge in [-0.1, -0.05) is 0 Å². The Morgan fingerprint density at radius 1 is 1.43 bits per heavy atom. The summed E-state index contributed by atoms with van der Waals surface area (Å²) in [4.78, 5) is 2.27. The lowest BCUT2D eigenvalue weighted by atomic mass is 10.2. The van der Waals surface area contributed by atoms with Crippen LogP contribution in [0.3, 0.4) is 0 Å². The van der Waals surface area contributed by atoms with Crippen LogP contribution in [0.2, 0.25) is 0 Å². The number of hydrogen-bond acceptors (Lipinski definition) is 4. The van der Waals surface area contributed by atoms with Gasteiger partial charge >= 0.3 is 0 Å². The fourth-order valence-electron chi connectivity index (χ4n) is 1.39. The highest BCUT2D eigenvalue weighted by Crippen LogP contribution is 2.41. The van der Waals surface area contributed by atoms with E-state index < -0.39 is 0 Å².